The number of hydrogen-bond acceptors (Lipinski definition) is 3. The molecule has 0 aliphatic rings. The molecule has 5 nitrogen and oxygen atoms in total. The first-order valence-corrected chi connectivity index (χ1v) is 10.3. The third-order valence-corrected chi connectivity index (χ3v) is 5.06. The van der Waals surface area contributed by atoms with Gasteiger partial charge in [0.25, 0.3) is 5.91 Å². The number of rotatable bonds is 10. The molecule has 0 saturated heterocycles. The molecule has 0 aliphatic heterocycles. The van der Waals surface area contributed by atoms with Crippen molar-refractivity contribution >= 4 is 17.5 Å². The molecule has 0 spiro atoms. The lowest BCUT2D eigenvalue weighted by Crippen LogP contribution is -2.37. The molecule has 0 saturated carbocycles. The van der Waals surface area contributed by atoms with Gasteiger partial charge in [0.1, 0.15) is 5.75 Å². The first-order chi connectivity index (χ1) is 14.5. The van der Waals surface area contributed by atoms with Gasteiger partial charge in [-0.05, 0) is 48.9 Å². The van der Waals surface area contributed by atoms with Crippen molar-refractivity contribution in [3.05, 3.63) is 88.7 Å². The average Bonchev–Trinajstić information content (AvgIpc) is 3.17. The van der Waals surface area contributed by atoms with Gasteiger partial charge < -0.3 is 18.9 Å². The molecule has 0 aliphatic carbocycles. The standard InChI is InChI=1S/C24H27ClN2O3/c1-19-5-3-6-20(15-19)16-26-12-4-7-22(26)17-27(13-14-29-2)24(28)18-30-23-10-8-21(25)9-11-23/h3-12,15H,13-14,16-18H2,1-2H3. The Balaban J connectivity index is 1.66. The van der Waals surface area contributed by atoms with Gasteiger partial charge in [0.15, 0.2) is 6.61 Å². The number of hydrogen-bond donors (Lipinski definition) is 0. The van der Waals surface area contributed by atoms with Crippen LogP contribution in [0.2, 0.25) is 5.02 Å². The highest BCUT2D eigenvalue weighted by Gasteiger charge is 2.16. The number of halogens is 1. The summed E-state index contributed by atoms with van der Waals surface area (Å²) in [5, 5.41) is 0.629. The highest BCUT2D eigenvalue weighted by atomic mass is 35.5. The smallest absolute Gasteiger partial charge is 0.260 e. The molecular formula is C24H27ClN2O3. The van der Waals surface area contributed by atoms with Gasteiger partial charge in [-0.1, -0.05) is 41.4 Å². The van der Waals surface area contributed by atoms with E-state index in [1.807, 2.05) is 18.3 Å². The number of aryl methyl sites for hydroxylation is 1. The molecule has 1 aromatic heterocycles. The van der Waals surface area contributed by atoms with Crippen LogP contribution in [-0.4, -0.2) is 42.2 Å². The van der Waals surface area contributed by atoms with Crippen LogP contribution in [0.25, 0.3) is 0 Å². The van der Waals surface area contributed by atoms with Gasteiger partial charge in [-0.3, -0.25) is 4.79 Å². The van der Waals surface area contributed by atoms with E-state index in [0.717, 1.165) is 12.2 Å². The van der Waals surface area contributed by atoms with Gasteiger partial charge in [0.05, 0.1) is 13.2 Å². The Morgan fingerprint density at radius 3 is 2.63 bits per heavy atom. The van der Waals surface area contributed by atoms with Crippen molar-refractivity contribution in [3.63, 3.8) is 0 Å². The lowest BCUT2D eigenvalue weighted by Gasteiger charge is -2.23. The van der Waals surface area contributed by atoms with Crippen LogP contribution >= 0.6 is 11.6 Å². The van der Waals surface area contributed by atoms with Gasteiger partial charge in [0, 0.05) is 37.1 Å². The van der Waals surface area contributed by atoms with Crippen LogP contribution < -0.4 is 4.74 Å². The van der Waals surface area contributed by atoms with E-state index in [0.29, 0.717) is 30.5 Å². The van der Waals surface area contributed by atoms with Crippen molar-refractivity contribution in [3.8, 4) is 5.75 Å². The Morgan fingerprint density at radius 1 is 1.10 bits per heavy atom. The first kappa shape index (κ1) is 21.9. The second kappa shape index (κ2) is 10.9. The zero-order chi connectivity index (χ0) is 21.3. The van der Waals surface area contributed by atoms with E-state index in [1.54, 1.807) is 36.3 Å². The molecule has 1 amide bonds. The monoisotopic (exact) mass is 426 g/mol. The maximum atomic E-state index is 12.8. The molecule has 0 bridgehead atoms. The topological polar surface area (TPSA) is 43.7 Å². The Kier molecular flexibility index (Phi) is 7.94. The van der Waals surface area contributed by atoms with E-state index < -0.39 is 0 Å². The van der Waals surface area contributed by atoms with Crippen molar-refractivity contribution in [2.24, 2.45) is 0 Å². The van der Waals surface area contributed by atoms with E-state index in [-0.39, 0.29) is 12.5 Å². The summed E-state index contributed by atoms with van der Waals surface area (Å²) in [5.74, 6) is 0.521. The average molecular weight is 427 g/mol. The number of carbonyl (C=O) groups is 1. The number of aromatic nitrogens is 1. The number of methoxy groups -OCH3 is 1. The molecule has 3 rings (SSSR count). The molecule has 158 valence electrons. The number of nitrogens with zero attached hydrogens (tertiary/aromatic N) is 2. The highest BCUT2D eigenvalue weighted by molar-refractivity contribution is 6.30. The summed E-state index contributed by atoms with van der Waals surface area (Å²) in [5.41, 5.74) is 3.53. The fourth-order valence-electron chi connectivity index (χ4n) is 3.21. The molecule has 0 fully saturated rings. The summed E-state index contributed by atoms with van der Waals surface area (Å²) >= 11 is 5.90. The highest BCUT2D eigenvalue weighted by Crippen LogP contribution is 2.16. The molecule has 2 aromatic carbocycles. The normalized spacial score (nSPS) is 10.8. The minimum Gasteiger partial charge on any atom is -0.484 e. The summed E-state index contributed by atoms with van der Waals surface area (Å²) in [6.45, 7) is 4.26. The lowest BCUT2D eigenvalue weighted by atomic mass is 10.1. The zero-order valence-electron chi connectivity index (χ0n) is 17.4. The van der Waals surface area contributed by atoms with Crippen LogP contribution in [0.15, 0.2) is 66.9 Å². The third kappa shape index (κ3) is 6.37. The van der Waals surface area contributed by atoms with Crippen molar-refractivity contribution in [2.45, 2.75) is 20.0 Å². The summed E-state index contributed by atoms with van der Waals surface area (Å²) < 4.78 is 13.0. The Hall–Kier alpha value is -2.76. The maximum absolute atomic E-state index is 12.8. The Bertz CT molecular complexity index is 953. The van der Waals surface area contributed by atoms with E-state index >= 15 is 0 Å². The minimum absolute atomic E-state index is 0.0378. The minimum atomic E-state index is -0.0923. The molecular weight excluding hydrogens is 400 g/mol. The molecule has 6 heteroatoms. The number of ether oxygens (including phenoxy) is 2. The number of benzene rings is 2. The predicted octanol–water partition coefficient (Wildman–Crippen LogP) is 4.55. The lowest BCUT2D eigenvalue weighted by molar-refractivity contribution is -0.134. The second-order valence-electron chi connectivity index (χ2n) is 7.17. The van der Waals surface area contributed by atoms with Gasteiger partial charge in [-0.2, -0.15) is 0 Å². The van der Waals surface area contributed by atoms with Gasteiger partial charge in [-0.15, -0.1) is 0 Å². The molecule has 1 heterocycles. The predicted molar refractivity (Wildman–Crippen MR) is 119 cm³/mol. The van der Waals surface area contributed by atoms with E-state index in [9.17, 15) is 4.79 Å². The quantitative estimate of drug-likeness (QED) is 0.477. The zero-order valence-corrected chi connectivity index (χ0v) is 18.1. The van der Waals surface area contributed by atoms with Gasteiger partial charge in [-0.25, -0.2) is 0 Å². The van der Waals surface area contributed by atoms with Crippen LogP contribution in [0.4, 0.5) is 0 Å². The molecule has 0 atom stereocenters. The van der Waals surface area contributed by atoms with Crippen LogP contribution in [0.5, 0.6) is 5.75 Å². The maximum Gasteiger partial charge on any atom is 0.260 e. The summed E-state index contributed by atoms with van der Waals surface area (Å²) in [7, 11) is 1.63. The first-order valence-electron chi connectivity index (χ1n) is 9.90. The van der Waals surface area contributed by atoms with Crippen molar-refractivity contribution < 1.29 is 14.3 Å². The van der Waals surface area contributed by atoms with E-state index in [4.69, 9.17) is 21.1 Å². The van der Waals surface area contributed by atoms with Crippen LogP contribution in [0.3, 0.4) is 0 Å². The van der Waals surface area contributed by atoms with Gasteiger partial charge >= 0.3 is 0 Å². The van der Waals surface area contributed by atoms with Crippen LogP contribution in [-0.2, 0) is 22.6 Å². The third-order valence-electron chi connectivity index (χ3n) is 4.81. The summed E-state index contributed by atoms with van der Waals surface area (Å²) in [6, 6.07) is 19.5. The fourth-order valence-corrected chi connectivity index (χ4v) is 3.34. The van der Waals surface area contributed by atoms with Crippen LogP contribution in [0, 0.1) is 6.92 Å². The Morgan fingerprint density at radius 2 is 1.90 bits per heavy atom. The van der Waals surface area contributed by atoms with Crippen molar-refractivity contribution in [1.29, 1.82) is 0 Å². The molecule has 0 N–H and O–H groups in total. The summed E-state index contributed by atoms with van der Waals surface area (Å²) in [4.78, 5) is 14.6. The molecule has 30 heavy (non-hydrogen) atoms. The van der Waals surface area contributed by atoms with Crippen molar-refractivity contribution in [2.75, 3.05) is 26.9 Å². The number of carbonyl (C=O) groups excluding carboxylic acids is 1. The van der Waals surface area contributed by atoms with Gasteiger partial charge in [0.2, 0.25) is 0 Å². The summed E-state index contributed by atoms with van der Waals surface area (Å²) in [6.07, 6.45) is 2.04. The Labute approximate surface area is 182 Å². The van der Waals surface area contributed by atoms with E-state index in [1.165, 1.54) is 11.1 Å². The molecule has 0 unspecified atom stereocenters. The van der Waals surface area contributed by atoms with Crippen LogP contribution in [0.1, 0.15) is 16.8 Å². The fraction of sp³-hybridized carbons (Fsp3) is 0.292. The molecule has 3 aromatic rings. The van der Waals surface area contributed by atoms with E-state index in [2.05, 4.69) is 35.8 Å². The second-order valence-corrected chi connectivity index (χ2v) is 7.60. The largest absolute Gasteiger partial charge is 0.484 e. The number of amides is 1. The SMILES string of the molecule is COCCN(Cc1cccn1Cc1cccc(C)c1)C(=O)COc1ccc(Cl)cc1. The van der Waals surface area contributed by atoms with Crippen molar-refractivity contribution in [1.82, 2.24) is 9.47 Å². The molecule has 0 radical (unpaired) electrons.